The number of fused-ring (bicyclic) bond motifs is 1. The fourth-order valence-electron chi connectivity index (χ4n) is 3.25. The molecule has 0 unspecified atom stereocenters. The highest BCUT2D eigenvalue weighted by molar-refractivity contribution is 6.39. The summed E-state index contributed by atoms with van der Waals surface area (Å²) in [4.78, 5) is 20.5. The summed E-state index contributed by atoms with van der Waals surface area (Å²) < 4.78 is 0. The van der Waals surface area contributed by atoms with Crippen LogP contribution in [-0.2, 0) is 5.41 Å². The molecule has 6 heteroatoms. The second-order valence-electron chi connectivity index (χ2n) is 8.20. The van der Waals surface area contributed by atoms with E-state index in [2.05, 4.69) is 36.1 Å². The number of hydrogen-bond donors (Lipinski definition) is 2. The SMILES string of the molecule is CC(C)(C)c1ccc(NC(=O)c2ccc3nc(-c4c(Cl)cccc4Cl)[nH]c3c2)cc1. The number of carbonyl (C=O) groups is 1. The van der Waals surface area contributed by atoms with Gasteiger partial charge in [-0.2, -0.15) is 0 Å². The van der Waals surface area contributed by atoms with Crippen LogP contribution in [0.25, 0.3) is 22.4 Å². The fraction of sp³-hybridized carbons (Fsp3) is 0.167. The Hall–Kier alpha value is -2.82. The lowest BCUT2D eigenvalue weighted by Gasteiger charge is -2.19. The molecule has 4 nitrogen and oxygen atoms in total. The Morgan fingerprint density at radius 2 is 1.63 bits per heavy atom. The van der Waals surface area contributed by atoms with E-state index in [4.69, 9.17) is 23.2 Å². The average molecular weight is 438 g/mol. The second kappa shape index (κ2) is 7.78. The van der Waals surface area contributed by atoms with Crippen molar-refractivity contribution in [3.8, 4) is 11.4 Å². The van der Waals surface area contributed by atoms with Gasteiger partial charge in [0.05, 0.1) is 26.6 Å². The first-order valence-electron chi connectivity index (χ1n) is 9.58. The smallest absolute Gasteiger partial charge is 0.255 e. The van der Waals surface area contributed by atoms with Crippen LogP contribution in [-0.4, -0.2) is 15.9 Å². The van der Waals surface area contributed by atoms with Crippen molar-refractivity contribution in [2.75, 3.05) is 5.32 Å². The van der Waals surface area contributed by atoms with Crippen molar-refractivity contribution < 1.29 is 4.79 Å². The summed E-state index contributed by atoms with van der Waals surface area (Å²) in [6.07, 6.45) is 0. The van der Waals surface area contributed by atoms with Crippen molar-refractivity contribution in [1.29, 1.82) is 0 Å². The molecule has 4 aromatic rings. The van der Waals surface area contributed by atoms with Gasteiger partial charge in [0.2, 0.25) is 0 Å². The van der Waals surface area contributed by atoms with Crippen molar-refractivity contribution in [1.82, 2.24) is 9.97 Å². The Morgan fingerprint density at radius 1 is 0.967 bits per heavy atom. The number of anilines is 1. The van der Waals surface area contributed by atoms with Crippen LogP contribution in [0.2, 0.25) is 10.0 Å². The number of nitrogens with zero attached hydrogens (tertiary/aromatic N) is 1. The number of halogens is 2. The van der Waals surface area contributed by atoms with Crippen LogP contribution in [0, 0.1) is 0 Å². The minimum atomic E-state index is -0.188. The molecule has 0 fully saturated rings. The van der Waals surface area contributed by atoms with Gasteiger partial charge in [-0.3, -0.25) is 4.79 Å². The van der Waals surface area contributed by atoms with Gasteiger partial charge in [0, 0.05) is 11.3 Å². The fourth-order valence-corrected chi connectivity index (χ4v) is 3.83. The Bertz CT molecular complexity index is 1220. The molecule has 0 spiro atoms. The van der Waals surface area contributed by atoms with Gasteiger partial charge in [-0.25, -0.2) is 4.98 Å². The maximum Gasteiger partial charge on any atom is 0.255 e. The van der Waals surface area contributed by atoms with E-state index in [0.717, 1.165) is 16.7 Å². The van der Waals surface area contributed by atoms with E-state index in [1.165, 1.54) is 5.56 Å². The van der Waals surface area contributed by atoms with Crippen LogP contribution in [0.5, 0.6) is 0 Å². The summed E-state index contributed by atoms with van der Waals surface area (Å²) in [7, 11) is 0. The standard InChI is InChI=1S/C24H21Cl2N3O/c1-24(2,3)15-8-10-16(11-9-15)27-23(30)14-7-12-19-20(13-14)29-22(28-19)21-17(25)5-4-6-18(21)26/h4-13H,1-3H3,(H,27,30)(H,28,29). The van der Waals surface area contributed by atoms with Crippen molar-refractivity contribution >= 4 is 45.8 Å². The zero-order valence-electron chi connectivity index (χ0n) is 16.9. The number of rotatable bonds is 3. The van der Waals surface area contributed by atoms with Crippen LogP contribution in [0.3, 0.4) is 0 Å². The lowest BCUT2D eigenvalue weighted by molar-refractivity contribution is 0.102. The molecule has 0 saturated carbocycles. The molecule has 30 heavy (non-hydrogen) atoms. The van der Waals surface area contributed by atoms with E-state index >= 15 is 0 Å². The number of amides is 1. The van der Waals surface area contributed by atoms with Gasteiger partial charge >= 0.3 is 0 Å². The molecule has 0 aliphatic heterocycles. The van der Waals surface area contributed by atoms with Gasteiger partial charge in [0.1, 0.15) is 5.82 Å². The Kier molecular flexibility index (Phi) is 5.31. The van der Waals surface area contributed by atoms with Crippen LogP contribution < -0.4 is 5.32 Å². The number of aromatic nitrogens is 2. The van der Waals surface area contributed by atoms with E-state index in [1.807, 2.05) is 24.3 Å². The molecule has 4 rings (SSSR count). The highest BCUT2D eigenvalue weighted by atomic mass is 35.5. The topological polar surface area (TPSA) is 57.8 Å². The molecule has 0 saturated heterocycles. The minimum absolute atomic E-state index is 0.0659. The van der Waals surface area contributed by atoms with Crippen molar-refractivity contribution in [2.24, 2.45) is 0 Å². The average Bonchev–Trinajstić information content (AvgIpc) is 3.10. The molecule has 1 heterocycles. The Labute approximate surface area is 185 Å². The third kappa shape index (κ3) is 4.07. The van der Waals surface area contributed by atoms with E-state index in [-0.39, 0.29) is 11.3 Å². The molecule has 0 atom stereocenters. The van der Waals surface area contributed by atoms with Gasteiger partial charge in [0.25, 0.3) is 5.91 Å². The van der Waals surface area contributed by atoms with Crippen LogP contribution in [0.4, 0.5) is 5.69 Å². The first-order valence-corrected chi connectivity index (χ1v) is 10.3. The number of benzene rings is 3. The maximum atomic E-state index is 12.7. The zero-order valence-corrected chi connectivity index (χ0v) is 18.4. The molecule has 152 valence electrons. The van der Waals surface area contributed by atoms with Crippen LogP contribution >= 0.6 is 23.2 Å². The molecule has 3 aromatic carbocycles. The zero-order chi connectivity index (χ0) is 21.5. The molecule has 0 bridgehead atoms. The molecule has 1 aromatic heterocycles. The largest absolute Gasteiger partial charge is 0.338 e. The molecule has 1 amide bonds. The van der Waals surface area contributed by atoms with Gasteiger partial charge in [-0.15, -0.1) is 0 Å². The predicted octanol–water partition coefficient (Wildman–Crippen LogP) is 7.09. The second-order valence-corrected chi connectivity index (χ2v) is 9.01. The molecule has 2 N–H and O–H groups in total. The molecule has 0 aliphatic carbocycles. The number of nitrogens with one attached hydrogen (secondary N) is 2. The van der Waals surface area contributed by atoms with Crippen molar-refractivity contribution in [3.63, 3.8) is 0 Å². The third-order valence-corrected chi connectivity index (χ3v) is 5.58. The summed E-state index contributed by atoms with van der Waals surface area (Å²) in [5.41, 5.74) is 4.66. The molecular formula is C24H21Cl2N3O. The number of carbonyl (C=O) groups excluding carboxylic acids is 1. The summed E-state index contributed by atoms with van der Waals surface area (Å²) in [6.45, 7) is 6.47. The molecular weight excluding hydrogens is 417 g/mol. The van der Waals surface area contributed by atoms with Gasteiger partial charge < -0.3 is 10.3 Å². The number of H-pyrrole nitrogens is 1. The van der Waals surface area contributed by atoms with Crippen LogP contribution in [0.1, 0.15) is 36.7 Å². The first kappa shape index (κ1) is 20.5. The van der Waals surface area contributed by atoms with Gasteiger partial charge in [-0.05, 0) is 53.4 Å². The Balaban J connectivity index is 1.60. The lowest BCUT2D eigenvalue weighted by Crippen LogP contribution is -2.13. The van der Waals surface area contributed by atoms with E-state index < -0.39 is 0 Å². The van der Waals surface area contributed by atoms with Gasteiger partial charge in [0.15, 0.2) is 0 Å². The van der Waals surface area contributed by atoms with E-state index in [0.29, 0.717) is 27.0 Å². The summed E-state index contributed by atoms with van der Waals surface area (Å²) >= 11 is 12.6. The highest BCUT2D eigenvalue weighted by Gasteiger charge is 2.16. The maximum absolute atomic E-state index is 12.7. The monoisotopic (exact) mass is 437 g/mol. The normalized spacial score (nSPS) is 11.6. The molecule has 0 aliphatic rings. The number of aromatic amines is 1. The number of hydrogen-bond acceptors (Lipinski definition) is 2. The van der Waals surface area contributed by atoms with E-state index in [1.54, 1.807) is 36.4 Å². The number of imidazole rings is 1. The minimum Gasteiger partial charge on any atom is -0.338 e. The predicted molar refractivity (Wildman–Crippen MR) is 125 cm³/mol. The molecule has 0 radical (unpaired) electrons. The summed E-state index contributed by atoms with van der Waals surface area (Å²) in [6, 6.07) is 18.6. The quantitative estimate of drug-likeness (QED) is 0.359. The van der Waals surface area contributed by atoms with Crippen molar-refractivity contribution in [3.05, 3.63) is 81.8 Å². The summed E-state index contributed by atoms with van der Waals surface area (Å²) in [5, 5.41) is 3.97. The van der Waals surface area contributed by atoms with E-state index in [9.17, 15) is 4.79 Å². The lowest BCUT2D eigenvalue weighted by atomic mass is 9.87. The highest BCUT2D eigenvalue weighted by Crippen LogP contribution is 2.34. The Morgan fingerprint density at radius 3 is 2.27 bits per heavy atom. The first-order chi connectivity index (χ1) is 14.2. The van der Waals surface area contributed by atoms with Crippen molar-refractivity contribution in [2.45, 2.75) is 26.2 Å². The van der Waals surface area contributed by atoms with Gasteiger partial charge in [-0.1, -0.05) is 62.2 Å². The van der Waals surface area contributed by atoms with Crippen LogP contribution in [0.15, 0.2) is 60.7 Å². The summed E-state index contributed by atoms with van der Waals surface area (Å²) in [5.74, 6) is 0.378. The third-order valence-electron chi connectivity index (χ3n) is 4.95.